The number of aromatic nitrogens is 2. The summed E-state index contributed by atoms with van der Waals surface area (Å²) in [6, 6.07) is 11.6. The average Bonchev–Trinajstić information content (AvgIpc) is 3.15. The van der Waals surface area contributed by atoms with Gasteiger partial charge in [0, 0.05) is 36.8 Å². The molecule has 2 aliphatic heterocycles. The van der Waals surface area contributed by atoms with Crippen molar-refractivity contribution in [1.29, 1.82) is 0 Å². The Morgan fingerprint density at radius 2 is 1.70 bits per heavy atom. The fourth-order valence-corrected chi connectivity index (χ4v) is 6.22. The van der Waals surface area contributed by atoms with Gasteiger partial charge in [0.05, 0.1) is 11.3 Å². The van der Waals surface area contributed by atoms with E-state index >= 15 is 0 Å². The molecule has 0 spiro atoms. The summed E-state index contributed by atoms with van der Waals surface area (Å²) in [5, 5.41) is 0. The molecule has 2 fully saturated rings. The number of nitrogens with zero attached hydrogens (tertiary/aromatic N) is 3. The molecule has 6 nitrogen and oxygen atoms in total. The number of para-hydroxylation sites is 1. The average molecular weight is 584 g/mol. The molecule has 6 rings (SSSR count). The van der Waals surface area contributed by atoms with Crippen LogP contribution in [-0.2, 0) is 18.1 Å². The van der Waals surface area contributed by atoms with Crippen molar-refractivity contribution in [2.45, 2.75) is 50.6 Å². The fraction of sp³-hybridized carbons (Fsp3) is 0.429. The maximum Gasteiger partial charge on any atom is 0.586 e. The summed E-state index contributed by atoms with van der Waals surface area (Å²) in [6.45, 7) is 5.15. The number of piperidine rings is 1. The Kier molecular flexibility index (Phi) is 6.89. The Morgan fingerprint density at radius 1 is 0.975 bits per heavy atom. The summed E-state index contributed by atoms with van der Waals surface area (Å²) in [4.78, 5) is 19.0. The highest BCUT2D eigenvalue weighted by Gasteiger charge is 2.69. The number of hydrogen-bond acceptors (Lipinski definition) is 5. The van der Waals surface area contributed by atoms with Crippen molar-refractivity contribution in [3.63, 3.8) is 0 Å². The molecular formula is C28H27ClF5N3O3. The number of halogens is 6. The Bertz CT molecular complexity index is 1480. The third kappa shape index (κ3) is 4.94. The molecule has 0 bridgehead atoms. The summed E-state index contributed by atoms with van der Waals surface area (Å²) >= 11 is 0. The summed E-state index contributed by atoms with van der Waals surface area (Å²) in [7, 11) is 0. The summed E-state index contributed by atoms with van der Waals surface area (Å²) in [5.74, 6) is -0.268. The molecule has 40 heavy (non-hydrogen) atoms. The van der Waals surface area contributed by atoms with Gasteiger partial charge in [-0.05, 0) is 67.1 Å². The van der Waals surface area contributed by atoms with Crippen LogP contribution in [0.5, 0.6) is 11.5 Å². The number of rotatable bonds is 7. The Balaban J connectivity index is 0.00000323. The van der Waals surface area contributed by atoms with E-state index in [4.69, 9.17) is 0 Å². The Morgan fingerprint density at radius 3 is 2.40 bits per heavy atom. The second-order valence-electron chi connectivity index (χ2n) is 10.9. The zero-order valence-corrected chi connectivity index (χ0v) is 22.3. The van der Waals surface area contributed by atoms with Gasteiger partial charge in [0.15, 0.2) is 11.5 Å². The van der Waals surface area contributed by atoms with Gasteiger partial charge < -0.3 is 14.4 Å². The molecule has 0 unspecified atom stereocenters. The molecule has 1 aromatic heterocycles. The van der Waals surface area contributed by atoms with Gasteiger partial charge in [-0.25, -0.2) is 4.79 Å². The van der Waals surface area contributed by atoms with Gasteiger partial charge in [0.25, 0.3) is 0 Å². The van der Waals surface area contributed by atoms with Crippen LogP contribution in [0.3, 0.4) is 0 Å². The zero-order chi connectivity index (χ0) is 27.6. The minimum atomic E-state index is -4.34. The third-order valence-electron chi connectivity index (χ3n) is 8.26. The van der Waals surface area contributed by atoms with Crippen molar-refractivity contribution in [3.05, 3.63) is 76.3 Å². The lowest BCUT2D eigenvalue weighted by Gasteiger charge is -2.21. The molecule has 1 saturated carbocycles. The number of unbranched alkanes of at least 4 members (excludes halogenated alkanes) is 1. The maximum atomic E-state index is 13.5. The van der Waals surface area contributed by atoms with E-state index in [1.54, 1.807) is 24.4 Å². The van der Waals surface area contributed by atoms with Crippen LogP contribution in [-0.4, -0.2) is 40.4 Å². The van der Waals surface area contributed by atoms with Gasteiger partial charge in [-0.15, -0.1) is 21.2 Å². The van der Waals surface area contributed by atoms with Crippen molar-refractivity contribution in [3.8, 4) is 22.8 Å². The predicted octanol–water partition coefficient (Wildman–Crippen LogP) is 6.12. The number of hydrogen-bond donors (Lipinski definition) is 0. The first-order valence-corrected chi connectivity index (χ1v) is 12.8. The van der Waals surface area contributed by atoms with Crippen molar-refractivity contribution in [1.82, 2.24) is 14.5 Å². The van der Waals surface area contributed by atoms with Crippen LogP contribution in [0.25, 0.3) is 11.3 Å². The number of ether oxygens (including phenoxy) is 2. The highest BCUT2D eigenvalue weighted by atomic mass is 35.5. The lowest BCUT2D eigenvalue weighted by molar-refractivity contribution is -0.286. The topological polar surface area (TPSA) is 56.6 Å². The van der Waals surface area contributed by atoms with Crippen LogP contribution in [0, 0.1) is 5.41 Å². The molecule has 1 aliphatic carbocycles. The molecule has 12 heteroatoms. The fourth-order valence-electron chi connectivity index (χ4n) is 6.22. The van der Waals surface area contributed by atoms with Gasteiger partial charge in [-0.2, -0.15) is 18.2 Å². The first-order chi connectivity index (χ1) is 18.4. The van der Waals surface area contributed by atoms with E-state index in [0.29, 0.717) is 6.54 Å². The van der Waals surface area contributed by atoms with Crippen LogP contribution in [0.2, 0.25) is 0 Å². The molecular weight excluding hydrogens is 557 g/mol. The standard InChI is InChI=1S/C28H26F5N3O3.ClH/c1-25-15-26(25,18-7-9-19(10-8-18)27(29,30)31)17-35(16-25)12-2-3-13-36-14-11-21(34-24(36)37)20-5-4-6-22-23(20)39-28(32,33)38-22;/h4-11,14H,2-3,12-13,15-17H2,1H3;1H/t25-,26+;/m0./s1. The number of likely N-dealkylation sites (tertiary alicyclic amines) is 1. The molecule has 3 aromatic rings. The van der Waals surface area contributed by atoms with E-state index in [0.717, 1.165) is 44.5 Å². The van der Waals surface area contributed by atoms with Crippen LogP contribution < -0.4 is 15.2 Å². The quantitative estimate of drug-likeness (QED) is 0.248. The molecule has 214 valence electrons. The van der Waals surface area contributed by atoms with E-state index < -0.39 is 23.7 Å². The molecule has 2 atom stereocenters. The van der Waals surface area contributed by atoms with E-state index in [-0.39, 0.29) is 46.0 Å². The second-order valence-corrected chi connectivity index (χ2v) is 10.9. The maximum absolute atomic E-state index is 13.5. The van der Waals surface area contributed by atoms with E-state index in [1.807, 2.05) is 0 Å². The van der Waals surface area contributed by atoms with Gasteiger partial charge in [0.1, 0.15) is 0 Å². The Hall–Kier alpha value is -3.18. The first-order valence-electron chi connectivity index (χ1n) is 12.8. The van der Waals surface area contributed by atoms with Crippen molar-refractivity contribution < 1.29 is 31.4 Å². The molecule has 2 aromatic carbocycles. The van der Waals surface area contributed by atoms with E-state index in [2.05, 4.69) is 26.3 Å². The normalized spacial score (nSPS) is 24.4. The summed E-state index contributed by atoms with van der Waals surface area (Å²) < 4.78 is 76.4. The number of aryl methyl sites for hydroxylation is 1. The van der Waals surface area contributed by atoms with Crippen LogP contribution in [0.1, 0.15) is 37.3 Å². The minimum absolute atomic E-state index is 0. The molecule has 3 aliphatic rings. The number of alkyl halides is 5. The molecule has 0 N–H and O–H groups in total. The Labute approximate surface area is 233 Å². The number of benzene rings is 2. The largest absolute Gasteiger partial charge is 0.586 e. The highest BCUT2D eigenvalue weighted by molar-refractivity contribution is 5.85. The van der Waals surface area contributed by atoms with Gasteiger partial charge in [0.2, 0.25) is 0 Å². The predicted molar refractivity (Wildman–Crippen MR) is 139 cm³/mol. The van der Waals surface area contributed by atoms with Gasteiger partial charge >= 0.3 is 18.2 Å². The van der Waals surface area contributed by atoms with Crippen LogP contribution >= 0.6 is 12.4 Å². The lowest BCUT2D eigenvalue weighted by atomic mass is 9.89. The third-order valence-corrected chi connectivity index (χ3v) is 8.26. The van der Waals surface area contributed by atoms with E-state index in [9.17, 15) is 26.7 Å². The summed E-state index contributed by atoms with van der Waals surface area (Å²) in [6.07, 6.45) is -3.99. The lowest BCUT2D eigenvalue weighted by Crippen LogP contribution is -2.28. The minimum Gasteiger partial charge on any atom is -0.395 e. The summed E-state index contributed by atoms with van der Waals surface area (Å²) in [5.41, 5.74) is 0.248. The van der Waals surface area contributed by atoms with Crippen molar-refractivity contribution >= 4 is 12.4 Å². The van der Waals surface area contributed by atoms with E-state index in [1.165, 1.54) is 34.9 Å². The molecule has 1 saturated heterocycles. The van der Waals surface area contributed by atoms with Crippen molar-refractivity contribution in [2.75, 3.05) is 19.6 Å². The second kappa shape index (κ2) is 9.73. The number of fused-ring (bicyclic) bond motifs is 2. The SMILES string of the molecule is C[C@]12CN(CCCCn3ccc(-c4cccc5c4OC(F)(F)O5)nc3=O)C[C@@]1(c1ccc(C(F)(F)F)cc1)C2.Cl. The molecule has 3 heterocycles. The zero-order valence-electron chi connectivity index (χ0n) is 21.5. The monoisotopic (exact) mass is 583 g/mol. The molecule has 0 radical (unpaired) electrons. The van der Waals surface area contributed by atoms with Crippen molar-refractivity contribution in [2.24, 2.45) is 5.41 Å². The first kappa shape index (κ1) is 28.4. The highest BCUT2D eigenvalue weighted by Crippen LogP contribution is 2.68. The van der Waals surface area contributed by atoms with Crippen LogP contribution in [0.4, 0.5) is 22.0 Å². The smallest absolute Gasteiger partial charge is 0.395 e. The van der Waals surface area contributed by atoms with Crippen LogP contribution in [0.15, 0.2) is 59.5 Å². The molecule has 0 amide bonds. The van der Waals surface area contributed by atoms with Gasteiger partial charge in [-0.1, -0.05) is 25.1 Å². The van der Waals surface area contributed by atoms with Gasteiger partial charge in [-0.3, -0.25) is 4.57 Å².